The summed E-state index contributed by atoms with van der Waals surface area (Å²) in [5.74, 6) is 5.65. The van der Waals surface area contributed by atoms with Crippen LogP contribution in [0.15, 0.2) is 53.0 Å². The van der Waals surface area contributed by atoms with Crippen LogP contribution in [0.5, 0.6) is 0 Å². The second-order valence-electron chi connectivity index (χ2n) is 4.42. The van der Waals surface area contributed by atoms with Gasteiger partial charge in [-0.3, -0.25) is 11.3 Å². The molecule has 1 unspecified atom stereocenters. The van der Waals surface area contributed by atoms with Crippen molar-refractivity contribution in [3.05, 3.63) is 69.2 Å². The molecule has 0 spiro atoms. The highest BCUT2D eigenvalue weighted by atomic mass is 79.9. The van der Waals surface area contributed by atoms with Gasteiger partial charge in [0.25, 0.3) is 0 Å². The standard InChI is InChI=1S/C15H16BrClN2/c16-13-8-7-12(10-14(13)17)15(19-18)9-6-11-4-2-1-3-5-11/h1-5,7-8,10,15,19H,6,9,18H2. The minimum absolute atomic E-state index is 0.103. The number of benzene rings is 2. The molecular formula is C15H16BrClN2. The number of hydrogen-bond acceptors (Lipinski definition) is 2. The van der Waals surface area contributed by atoms with E-state index in [2.05, 4.69) is 45.6 Å². The van der Waals surface area contributed by atoms with Crippen LogP contribution < -0.4 is 11.3 Å². The topological polar surface area (TPSA) is 38.0 Å². The summed E-state index contributed by atoms with van der Waals surface area (Å²) in [6, 6.07) is 16.4. The third-order valence-corrected chi connectivity index (χ3v) is 4.34. The van der Waals surface area contributed by atoms with Gasteiger partial charge in [-0.2, -0.15) is 0 Å². The Kier molecular flexibility index (Phi) is 5.40. The van der Waals surface area contributed by atoms with Crippen molar-refractivity contribution in [1.29, 1.82) is 0 Å². The third-order valence-electron chi connectivity index (χ3n) is 3.11. The predicted octanol–water partition coefficient (Wildman–Crippen LogP) is 4.24. The van der Waals surface area contributed by atoms with Gasteiger partial charge in [0.2, 0.25) is 0 Å². The second-order valence-corrected chi connectivity index (χ2v) is 5.68. The Morgan fingerprint density at radius 1 is 1.16 bits per heavy atom. The number of nitrogens with one attached hydrogen (secondary N) is 1. The molecule has 100 valence electrons. The Hall–Kier alpha value is -0.870. The fourth-order valence-corrected chi connectivity index (χ4v) is 2.47. The molecule has 0 amide bonds. The normalized spacial score (nSPS) is 12.4. The second kappa shape index (κ2) is 7.06. The maximum atomic E-state index is 6.12. The van der Waals surface area contributed by atoms with Gasteiger partial charge in [-0.25, -0.2) is 0 Å². The van der Waals surface area contributed by atoms with Crippen LogP contribution in [-0.2, 0) is 6.42 Å². The van der Waals surface area contributed by atoms with Gasteiger partial charge in [-0.1, -0.05) is 48.0 Å². The van der Waals surface area contributed by atoms with Gasteiger partial charge in [-0.05, 0) is 52.0 Å². The molecule has 2 nitrogen and oxygen atoms in total. The Balaban J connectivity index is 2.05. The molecule has 0 aliphatic carbocycles. The van der Waals surface area contributed by atoms with Gasteiger partial charge in [0, 0.05) is 10.5 Å². The molecule has 2 aromatic carbocycles. The van der Waals surface area contributed by atoms with Crippen molar-refractivity contribution in [2.75, 3.05) is 0 Å². The van der Waals surface area contributed by atoms with E-state index in [-0.39, 0.29) is 6.04 Å². The molecular weight excluding hydrogens is 324 g/mol. The first-order valence-corrected chi connectivity index (χ1v) is 7.33. The molecule has 2 rings (SSSR count). The van der Waals surface area contributed by atoms with Gasteiger partial charge in [-0.15, -0.1) is 0 Å². The largest absolute Gasteiger partial charge is 0.271 e. The van der Waals surface area contributed by atoms with Crippen molar-refractivity contribution in [3.8, 4) is 0 Å². The Bertz CT molecular complexity index is 531. The summed E-state index contributed by atoms with van der Waals surface area (Å²) in [5, 5.41) is 0.706. The van der Waals surface area contributed by atoms with E-state index in [0.717, 1.165) is 22.9 Å². The van der Waals surface area contributed by atoms with E-state index in [1.54, 1.807) is 0 Å². The summed E-state index contributed by atoms with van der Waals surface area (Å²) < 4.78 is 0.900. The summed E-state index contributed by atoms with van der Waals surface area (Å²) in [7, 11) is 0. The summed E-state index contributed by atoms with van der Waals surface area (Å²) in [5.41, 5.74) is 5.28. The molecule has 0 aliphatic heterocycles. The van der Waals surface area contributed by atoms with Crippen LogP contribution >= 0.6 is 27.5 Å². The lowest BCUT2D eigenvalue weighted by molar-refractivity contribution is 0.516. The summed E-state index contributed by atoms with van der Waals surface area (Å²) >= 11 is 9.51. The van der Waals surface area contributed by atoms with Crippen LogP contribution in [0.3, 0.4) is 0 Å². The predicted molar refractivity (Wildman–Crippen MR) is 84.0 cm³/mol. The highest BCUT2D eigenvalue weighted by Gasteiger charge is 2.11. The molecule has 0 bridgehead atoms. The molecule has 0 radical (unpaired) electrons. The van der Waals surface area contributed by atoms with E-state index in [1.807, 2.05) is 24.3 Å². The molecule has 1 atom stereocenters. The lowest BCUT2D eigenvalue weighted by Crippen LogP contribution is -2.28. The van der Waals surface area contributed by atoms with Crippen molar-refractivity contribution in [3.63, 3.8) is 0 Å². The van der Waals surface area contributed by atoms with Crippen LogP contribution in [0, 0.1) is 0 Å². The summed E-state index contributed by atoms with van der Waals surface area (Å²) in [6.07, 6.45) is 1.90. The molecule has 19 heavy (non-hydrogen) atoms. The first kappa shape index (κ1) is 14.5. The average Bonchev–Trinajstić information content (AvgIpc) is 2.44. The lowest BCUT2D eigenvalue weighted by atomic mass is 9.99. The fourth-order valence-electron chi connectivity index (χ4n) is 2.03. The van der Waals surface area contributed by atoms with Gasteiger partial charge in [0.15, 0.2) is 0 Å². The highest BCUT2D eigenvalue weighted by molar-refractivity contribution is 9.10. The molecule has 2 aromatic rings. The number of halogens is 2. The van der Waals surface area contributed by atoms with E-state index >= 15 is 0 Å². The first-order valence-electron chi connectivity index (χ1n) is 6.15. The van der Waals surface area contributed by atoms with E-state index < -0.39 is 0 Å². The minimum atomic E-state index is 0.103. The number of hydrogen-bond donors (Lipinski definition) is 2. The van der Waals surface area contributed by atoms with Crippen molar-refractivity contribution < 1.29 is 0 Å². The van der Waals surface area contributed by atoms with Crippen LogP contribution in [0.25, 0.3) is 0 Å². The van der Waals surface area contributed by atoms with Crippen molar-refractivity contribution in [2.45, 2.75) is 18.9 Å². The van der Waals surface area contributed by atoms with Crippen LogP contribution in [0.2, 0.25) is 5.02 Å². The van der Waals surface area contributed by atoms with Crippen molar-refractivity contribution >= 4 is 27.5 Å². The maximum absolute atomic E-state index is 6.12. The van der Waals surface area contributed by atoms with Crippen LogP contribution in [0.1, 0.15) is 23.6 Å². The van der Waals surface area contributed by atoms with E-state index in [1.165, 1.54) is 5.56 Å². The number of nitrogens with two attached hydrogens (primary N) is 1. The van der Waals surface area contributed by atoms with E-state index in [0.29, 0.717) is 5.02 Å². The number of aryl methyl sites for hydroxylation is 1. The Morgan fingerprint density at radius 3 is 2.53 bits per heavy atom. The quantitative estimate of drug-likeness (QED) is 0.631. The first-order chi connectivity index (χ1) is 9.20. The van der Waals surface area contributed by atoms with Crippen LogP contribution in [-0.4, -0.2) is 0 Å². The zero-order chi connectivity index (χ0) is 13.7. The zero-order valence-corrected chi connectivity index (χ0v) is 12.8. The third kappa shape index (κ3) is 4.05. The van der Waals surface area contributed by atoms with E-state index in [9.17, 15) is 0 Å². The van der Waals surface area contributed by atoms with Crippen molar-refractivity contribution in [2.24, 2.45) is 5.84 Å². The number of rotatable bonds is 5. The average molecular weight is 340 g/mol. The lowest BCUT2D eigenvalue weighted by Gasteiger charge is -2.17. The summed E-state index contributed by atoms with van der Waals surface area (Å²) in [6.45, 7) is 0. The highest BCUT2D eigenvalue weighted by Crippen LogP contribution is 2.27. The molecule has 0 aliphatic rings. The smallest absolute Gasteiger partial charge is 0.0551 e. The van der Waals surface area contributed by atoms with Crippen molar-refractivity contribution in [1.82, 2.24) is 5.43 Å². The molecule has 3 N–H and O–H groups in total. The van der Waals surface area contributed by atoms with Crippen LogP contribution in [0.4, 0.5) is 0 Å². The van der Waals surface area contributed by atoms with E-state index in [4.69, 9.17) is 17.4 Å². The monoisotopic (exact) mass is 338 g/mol. The fraction of sp³-hybridized carbons (Fsp3) is 0.200. The molecule has 0 fully saturated rings. The number of hydrazine groups is 1. The molecule has 0 heterocycles. The molecule has 0 aromatic heterocycles. The SMILES string of the molecule is NNC(CCc1ccccc1)c1ccc(Br)c(Cl)c1. The summed E-state index contributed by atoms with van der Waals surface area (Å²) in [4.78, 5) is 0. The van der Waals surface area contributed by atoms with Gasteiger partial charge >= 0.3 is 0 Å². The Labute approximate surface area is 127 Å². The molecule has 0 saturated carbocycles. The van der Waals surface area contributed by atoms with Gasteiger partial charge in [0.05, 0.1) is 5.02 Å². The maximum Gasteiger partial charge on any atom is 0.0551 e. The Morgan fingerprint density at radius 2 is 1.89 bits per heavy atom. The zero-order valence-electron chi connectivity index (χ0n) is 10.4. The molecule has 0 saturated heterocycles. The molecule has 4 heteroatoms. The van der Waals surface area contributed by atoms with Gasteiger partial charge < -0.3 is 0 Å². The minimum Gasteiger partial charge on any atom is -0.271 e. The van der Waals surface area contributed by atoms with Gasteiger partial charge in [0.1, 0.15) is 0 Å².